The summed E-state index contributed by atoms with van der Waals surface area (Å²) in [5.74, 6) is -1.17. The van der Waals surface area contributed by atoms with Gasteiger partial charge in [-0.2, -0.15) is 0 Å². The van der Waals surface area contributed by atoms with Crippen LogP contribution in [0.25, 0.3) is 0 Å². The van der Waals surface area contributed by atoms with Gasteiger partial charge in [0.05, 0.1) is 0 Å². The minimum absolute atomic E-state index is 0.375. The van der Waals surface area contributed by atoms with E-state index in [0.717, 1.165) is 4.90 Å². The summed E-state index contributed by atoms with van der Waals surface area (Å²) < 4.78 is 5.12. The van der Waals surface area contributed by atoms with Crippen LogP contribution in [0.15, 0.2) is 24.3 Å². The molecule has 0 aromatic heterocycles. The number of hydrogen-bond donors (Lipinski definition) is 1. The van der Waals surface area contributed by atoms with Crippen LogP contribution in [0, 0.1) is 0 Å². The van der Waals surface area contributed by atoms with Crippen molar-refractivity contribution in [3.63, 3.8) is 0 Å². The number of nitrogens with zero attached hydrogens (tertiary/aromatic N) is 1. The molecule has 1 aromatic carbocycles. The maximum atomic E-state index is 12.3. The number of ether oxygens (including phenoxy) is 1. The Morgan fingerprint density at radius 3 is 2.55 bits per heavy atom. The summed E-state index contributed by atoms with van der Waals surface area (Å²) >= 11 is 6.04. The standard InChI is InChI=1S/C15H17ClN2O4/c1-15(2,3)22-11(19)8-18-13(20)12(17-14(18)21)9-6-4-5-7-10(9)16/h4-7,12H,8H2,1-3H3,(H,17,21). The zero-order chi connectivity index (χ0) is 16.5. The first kappa shape index (κ1) is 16.3. The zero-order valence-electron chi connectivity index (χ0n) is 12.6. The van der Waals surface area contributed by atoms with Crippen molar-refractivity contribution >= 4 is 29.5 Å². The smallest absolute Gasteiger partial charge is 0.326 e. The second kappa shape index (κ2) is 5.96. The number of nitrogens with one attached hydrogen (secondary N) is 1. The second-order valence-electron chi connectivity index (χ2n) is 5.91. The SMILES string of the molecule is CC(C)(C)OC(=O)CN1C(=O)NC(c2ccccc2Cl)C1=O. The molecule has 0 bridgehead atoms. The Kier molecular flexibility index (Phi) is 4.42. The molecule has 1 aliphatic rings. The Morgan fingerprint density at radius 1 is 1.32 bits per heavy atom. The van der Waals surface area contributed by atoms with Gasteiger partial charge in [0.15, 0.2) is 0 Å². The number of amides is 3. The van der Waals surface area contributed by atoms with E-state index in [1.165, 1.54) is 0 Å². The number of benzene rings is 1. The molecular formula is C15H17ClN2O4. The number of halogens is 1. The van der Waals surface area contributed by atoms with Gasteiger partial charge in [-0.3, -0.25) is 14.5 Å². The van der Waals surface area contributed by atoms with Gasteiger partial charge >= 0.3 is 12.0 Å². The van der Waals surface area contributed by atoms with Crippen LogP contribution in [-0.2, 0) is 14.3 Å². The highest BCUT2D eigenvalue weighted by atomic mass is 35.5. The van der Waals surface area contributed by atoms with Crippen molar-refractivity contribution in [3.8, 4) is 0 Å². The maximum Gasteiger partial charge on any atom is 0.326 e. The van der Waals surface area contributed by atoms with Crippen LogP contribution in [0.1, 0.15) is 32.4 Å². The van der Waals surface area contributed by atoms with E-state index in [1.54, 1.807) is 45.0 Å². The van der Waals surface area contributed by atoms with E-state index in [1.807, 2.05) is 0 Å². The number of esters is 1. The van der Waals surface area contributed by atoms with Crippen molar-refractivity contribution in [2.45, 2.75) is 32.4 Å². The largest absolute Gasteiger partial charge is 0.459 e. The molecule has 1 saturated heterocycles. The van der Waals surface area contributed by atoms with Crippen LogP contribution in [0.2, 0.25) is 5.02 Å². The first-order chi connectivity index (χ1) is 10.2. The topological polar surface area (TPSA) is 75.7 Å². The third-order valence-corrected chi connectivity index (χ3v) is 3.29. The molecule has 1 aliphatic heterocycles. The Hall–Kier alpha value is -2.08. The van der Waals surface area contributed by atoms with Gasteiger partial charge in [0, 0.05) is 10.6 Å². The molecule has 0 spiro atoms. The average molecular weight is 325 g/mol. The number of carbonyl (C=O) groups excluding carboxylic acids is 3. The van der Waals surface area contributed by atoms with E-state index in [-0.39, 0.29) is 0 Å². The zero-order valence-corrected chi connectivity index (χ0v) is 13.3. The summed E-state index contributed by atoms with van der Waals surface area (Å²) in [6, 6.07) is 5.21. The third kappa shape index (κ3) is 3.57. The highest BCUT2D eigenvalue weighted by Gasteiger charge is 2.41. The number of imide groups is 1. The summed E-state index contributed by atoms with van der Waals surface area (Å²) in [6.45, 7) is 4.71. The highest BCUT2D eigenvalue weighted by Crippen LogP contribution is 2.27. The second-order valence-corrected chi connectivity index (χ2v) is 6.32. The summed E-state index contributed by atoms with van der Waals surface area (Å²) in [6.07, 6.45) is 0. The molecule has 1 heterocycles. The minimum atomic E-state index is -0.886. The van der Waals surface area contributed by atoms with Crippen LogP contribution in [0.4, 0.5) is 4.79 Å². The highest BCUT2D eigenvalue weighted by molar-refractivity contribution is 6.31. The molecule has 1 atom stereocenters. The molecule has 118 valence electrons. The van der Waals surface area contributed by atoms with Gasteiger partial charge in [0.1, 0.15) is 18.2 Å². The molecule has 2 rings (SSSR count). The van der Waals surface area contributed by atoms with Gasteiger partial charge in [-0.1, -0.05) is 29.8 Å². The monoisotopic (exact) mass is 324 g/mol. The van der Waals surface area contributed by atoms with Gasteiger partial charge < -0.3 is 10.1 Å². The molecule has 3 amide bonds. The Balaban J connectivity index is 2.13. The van der Waals surface area contributed by atoms with E-state index in [9.17, 15) is 14.4 Å². The lowest BCUT2D eigenvalue weighted by atomic mass is 10.1. The summed E-state index contributed by atoms with van der Waals surface area (Å²) in [5, 5.41) is 2.90. The first-order valence-electron chi connectivity index (χ1n) is 6.77. The van der Waals surface area contributed by atoms with Crippen LogP contribution in [0.3, 0.4) is 0 Å². The average Bonchev–Trinajstić information content (AvgIpc) is 2.65. The molecule has 0 saturated carbocycles. The molecule has 1 N–H and O–H groups in total. The van der Waals surface area contributed by atoms with E-state index in [2.05, 4.69) is 5.32 Å². The molecule has 1 unspecified atom stereocenters. The van der Waals surface area contributed by atoms with Crippen molar-refractivity contribution in [1.29, 1.82) is 0 Å². The molecule has 7 heteroatoms. The van der Waals surface area contributed by atoms with E-state index < -0.39 is 36.1 Å². The summed E-state index contributed by atoms with van der Waals surface area (Å²) in [4.78, 5) is 36.9. The van der Waals surface area contributed by atoms with E-state index in [4.69, 9.17) is 16.3 Å². The van der Waals surface area contributed by atoms with Crippen molar-refractivity contribution in [2.24, 2.45) is 0 Å². The first-order valence-corrected chi connectivity index (χ1v) is 7.15. The lowest BCUT2D eigenvalue weighted by Crippen LogP contribution is -2.38. The maximum absolute atomic E-state index is 12.3. The van der Waals surface area contributed by atoms with E-state index in [0.29, 0.717) is 10.6 Å². The molecule has 6 nitrogen and oxygen atoms in total. The van der Waals surface area contributed by atoms with Gasteiger partial charge in [0.25, 0.3) is 5.91 Å². The van der Waals surface area contributed by atoms with Gasteiger partial charge in [-0.15, -0.1) is 0 Å². The predicted molar refractivity (Wildman–Crippen MR) is 80.3 cm³/mol. The fraction of sp³-hybridized carbons (Fsp3) is 0.400. The molecular weight excluding hydrogens is 308 g/mol. The third-order valence-electron chi connectivity index (χ3n) is 2.95. The lowest BCUT2D eigenvalue weighted by Gasteiger charge is -2.21. The quantitative estimate of drug-likeness (QED) is 0.683. The molecule has 0 aliphatic carbocycles. The lowest BCUT2D eigenvalue weighted by molar-refractivity contribution is -0.157. The van der Waals surface area contributed by atoms with E-state index >= 15 is 0 Å². The Bertz CT molecular complexity index is 624. The fourth-order valence-corrected chi connectivity index (χ4v) is 2.34. The predicted octanol–water partition coefficient (Wildman–Crippen LogP) is 2.27. The van der Waals surface area contributed by atoms with Crippen molar-refractivity contribution in [1.82, 2.24) is 10.2 Å². The number of urea groups is 1. The molecule has 1 fully saturated rings. The number of rotatable bonds is 3. The minimum Gasteiger partial charge on any atom is -0.459 e. The van der Waals surface area contributed by atoms with Crippen LogP contribution < -0.4 is 5.32 Å². The number of carbonyl (C=O) groups is 3. The Labute approximate surface area is 133 Å². The van der Waals surface area contributed by atoms with Gasteiger partial charge in [-0.25, -0.2) is 4.79 Å². The normalized spacial score (nSPS) is 18.4. The number of hydrogen-bond acceptors (Lipinski definition) is 4. The van der Waals surface area contributed by atoms with Gasteiger partial charge in [-0.05, 0) is 26.8 Å². The summed E-state index contributed by atoms with van der Waals surface area (Å²) in [5.41, 5.74) is -0.187. The van der Waals surface area contributed by atoms with Crippen LogP contribution >= 0.6 is 11.6 Å². The molecule has 1 aromatic rings. The Morgan fingerprint density at radius 2 is 1.95 bits per heavy atom. The van der Waals surface area contributed by atoms with Crippen molar-refractivity contribution in [2.75, 3.05) is 6.54 Å². The fourth-order valence-electron chi connectivity index (χ4n) is 2.09. The summed E-state index contributed by atoms with van der Waals surface area (Å²) in [7, 11) is 0. The van der Waals surface area contributed by atoms with Crippen LogP contribution in [0.5, 0.6) is 0 Å². The van der Waals surface area contributed by atoms with Gasteiger partial charge in [0.2, 0.25) is 0 Å². The molecule has 0 radical (unpaired) electrons. The van der Waals surface area contributed by atoms with Crippen LogP contribution in [-0.4, -0.2) is 35.0 Å². The van der Waals surface area contributed by atoms with Crippen molar-refractivity contribution < 1.29 is 19.1 Å². The molecule has 22 heavy (non-hydrogen) atoms. The van der Waals surface area contributed by atoms with Crippen molar-refractivity contribution in [3.05, 3.63) is 34.9 Å².